The molecule has 0 fully saturated rings. The first kappa shape index (κ1) is 11.8. The molecule has 3 heteroatoms. The van der Waals surface area contributed by atoms with Crippen LogP contribution >= 0.6 is 15.1 Å². The summed E-state index contributed by atoms with van der Waals surface area (Å²) < 4.78 is -2.13. The summed E-state index contributed by atoms with van der Waals surface area (Å²) in [7, 11) is 0. The van der Waals surface area contributed by atoms with E-state index in [1.54, 1.807) is 0 Å². The number of hydrogen-bond acceptors (Lipinski definition) is 0. The van der Waals surface area contributed by atoms with Crippen molar-refractivity contribution in [3.8, 4) is 0 Å². The van der Waals surface area contributed by atoms with Gasteiger partial charge in [0, 0.05) is 0 Å². The molecule has 0 atom stereocenters. The summed E-state index contributed by atoms with van der Waals surface area (Å²) in [5.74, 6) is 0. The molecule has 0 aliphatic rings. The Morgan fingerprint density at radius 1 is 1.15 bits per heavy atom. The van der Waals surface area contributed by atoms with Crippen LogP contribution in [-0.2, 0) is 20.5 Å². The van der Waals surface area contributed by atoms with Crippen LogP contribution in [0.15, 0.2) is 30.3 Å². The molecule has 1 rings (SSSR count). The fourth-order valence-electron chi connectivity index (χ4n) is 1.33. The molecule has 1 aromatic rings. The second kappa shape index (κ2) is 4.05. The van der Waals surface area contributed by atoms with Crippen molar-refractivity contribution >= 4 is 20.4 Å². The maximum atomic E-state index is 6.79. The zero-order valence-electron chi connectivity index (χ0n) is 7.93. The Hall–Kier alpha value is 0.680. The van der Waals surface area contributed by atoms with Gasteiger partial charge in [-0.15, -0.1) is 0 Å². The van der Waals surface area contributed by atoms with Crippen LogP contribution in [0.4, 0.5) is 0 Å². The molecule has 0 heterocycles. The number of halogens is 1. The first-order valence-corrected chi connectivity index (χ1v) is 10.7. The number of hydrogen-bond donors (Lipinski definition) is 0. The van der Waals surface area contributed by atoms with Crippen molar-refractivity contribution in [2.24, 2.45) is 0 Å². The van der Waals surface area contributed by atoms with Crippen LogP contribution in [0.5, 0.6) is 0 Å². The molecule has 0 amide bonds. The third-order valence-electron chi connectivity index (χ3n) is 2.49. The quantitative estimate of drug-likeness (QED) is 0.540. The fourth-order valence-corrected chi connectivity index (χ4v) is 4.61. The van der Waals surface area contributed by atoms with E-state index in [9.17, 15) is 0 Å². The summed E-state index contributed by atoms with van der Waals surface area (Å²) in [6, 6.07) is 10.5. The van der Waals surface area contributed by atoms with Gasteiger partial charge in [-0.2, -0.15) is 0 Å². The predicted molar refractivity (Wildman–Crippen MR) is 59.9 cm³/mol. The van der Waals surface area contributed by atoms with E-state index in [-0.39, 0.29) is 0 Å². The molecular formula is C10H15AuClP. The van der Waals surface area contributed by atoms with Gasteiger partial charge in [0.05, 0.1) is 0 Å². The zero-order chi connectivity index (χ0) is 9.97. The average Bonchev–Trinajstić information content (AvgIpc) is 2.20. The average molecular weight is 399 g/mol. The van der Waals surface area contributed by atoms with E-state index >= 15 is 0 Å². The number of benzene rings is 1. The molecule has 0 nitrogen and oxygen atoms in total. The zero-order valence-corrected chi connectivity index (χ0v) is 11.7. The van der Waals surface area contributed by atoms with Crippen LogP contribution in [0.3, 0.4) is 0 Å². The van der Waals surface area contributed by atoms with Crippen LogP contribution in [0.2, 0.25) is 0 Å². The SMILES string of the molecule is CC[P](Cl)([Au])(CC)c1ccccc1. The van der Waals surface area contributed by atoms with Gasteiger partial charge >= 0.3 is 97.4 Å². The molecule has 0 aliphatic heterocycles. The number of rotatable bonds is 3. The second-order valence-electron chi connectivity index (χ2n) is 3.14. The molecular weight excluding hydrogens is 384 g/mol. The van der Waals surface area contributed by atoms with Gasteiger partial charge < -0.3 is 0 Å². The van der Waals surface area contributed by atoms with Crippen molar-refractivity contribution in [3.63, 3.8) is 0 Å². The van der Waals surface area contributed by atoms with Gasteiger partial charge in [0.1, 0.15) is 0 Å². The van der Waals surface area contributed by atoms with E-state index in [1.165, 1.54) is 5.30 Å². The van der Waals surface area contributed by atoms with E-state index in [0.29, 0.717) is 0 Å². The topological polar surface area (TPSA) is 0 Å². The van der Waals surface area contributed by atoms with E-state index in [0.717, 1.165) is 12.3 Å². The monoisotopic (exact) mass is 398 g/mol. The molecule has 0 unspecified atom stereocenters. The second-order valence-corrected chi connectivity index (χ2v) is 18.4. The van der Waals surface area contributed by atoms with Crippen molar-refractivity contribution in [3.05, 3.63) is 30.3 Å². The van der Waals surface area contributed by atoms with Gasteiger partial charge in [-0.05, 0) is 0 Å². The Balaban J connectivity index is 3.19. The van der Waals surface area contributed by atoms with Crippen molar-refractivity contribution in [1.29, 1.82) is 0 Å². The summed E-state index contributed by atoms with van der Waals surface area (Å²) in [4.78, 5) is 0. The van der Waals surface area contributed by atoms with Gasteiger partial charge in [0.25, 0.3) is 0 Å². The van der Waals surface area contributed by atoms with Crippen molar-refractivity contribution in [2.75, 3.05) is 12.3 Å². The van der Waals surface area contributed by atoms with Crippen LogP contribution in [-0.4, -0.2) is 12.3 Å². The molecule has 0 N–H and O–H groups in total. The van der Waals surface area contributed by atoms with E-state index in [4.69, 9.17) is 11.2 Å². The minimum absolute atomic E-state index is 1.05. The molecule has 0 saturated carbocycles. The summed E-state index contributed by atoms with van der Waals surface area (Å²) in [5, 5.41) is 1.32. The molecule has 78 valence electrons. The van der Waals surface area contributed by atoms with E-state index in [2.05, 4.69) is 58.7 Å². The molecule has 0 aromatic heterocycles. The van der Waals surface area contributed by atoms with Crippen molar-refractivity contribution in [1.82, 2.24) is 0 Å². The fraction of sp³-hybridized carbons (Fsp3) is 0.400. The van der Waals surface area contributed by atoms with Gasteiger partial charge in [-0.25, -0.2) is 0 Å². The van der Waals surface area contributed by atoms with E-state index in [1.807, 2.05) is 6.07 Å². The van der Waals surface area contributed by atoms with E-state index < -0.39 is 3.85 Å². The van der Waals surface area contributed by atoms with Gasteiger partial charge in [0.15, 0.2) is 0 Å². The molecule has 0 spiro atoms. The normalized spacial score (nSPS) is 15.0. The van der Waals surface area contributed by atoms with Crippen LogP contribution in [0.25, 0.3) is 0 Å². The Labute approximate surface area is 97.1 Å². The molecule has 0 saturated heterocycles. The van der Waals surface area contributed by atoms with Gasteiger partial charge in [0.2, 0.25) is 0 Å². The van der Waals surface area contributed by atoms with Crippen LogP contribution in [0.1, 0.15) is 13.8 Å². The molecule has 13 heavy (non-hydrogen) atoms. The Morgan fingerprint density at radius 2 is 1.62 bits per heavy atom. The molecule has 1 aromatic carbocycles. The molecule has 0 radical (unpaired) electrons. The first-order valence-electron chi connectivity index (χ1n) is 4.48. The summed E-state index contributed by atoms with van der Waals surface area (Å²) in [6.45, 7) is 4.36. The summed E-state index contributed by atoms with van der Waals surface area (Å²) in [5.41, 5.74) is 0. The Kier molecular flexibility index (Phi) is 3.66. The van der Waals surface area contributed by atoms with Crippen molar-refractivity contribution in [2.45, 2.75) is 13.8 Å². The minimum atomic E-state index is -2.13. The Morgan fingerprint density at radius 3 is 2.00 bits per heavy atom. The van der Waals surface area contributed by atoms with Crippen molar-refractivity contribution < 1.29 is 20.5 Å². The Bertz CT molecular complexity index is 276. The summed E-state index contributed by atoms with van der Waals surface area (Å²) >= 11 is 9.50. The molecule has 0 aliphatic carbocycles. The summed E-state index contributed by atoms with van der Waals surface area (Å²) in [6.07, 6.45) is 2.10. The third kappa shape index (κ3) is 2.37. The van der Waals surface area contributed by atoms with Gasteiger partial charge in [-0.3, -0.25) is 0 Å². The van der Waals surface area contributed by atoms with Crippen LogP contribution in [0, 0.1) is 0 Å². The van der Waals surface area contributed by atoms with Gasteiger partial charge in [-0.1, -0.05) is 0 Å². The molecule has 0 bridgehead atoms. The predicted octanol–water partition coefficient (Wildman–Crippen LogP) is 3.52. The first-order chi connectivity index (χ1) is 6.02. The maximum absolute atomic E-state index is 6.79. The van der Waals surface area contributed by atoms with Crippen LogP contribution < -0.4 is 5.30 Å². The third-order valence-corrected chi connectivity index (χ3v) is 14.1. The standard InChI is InChI=1S/C10H15ClP.Au/c1-3-12(11,4-2)10-8-6-5-7-9-10;/h5-9H,3-4H2,1-2H3;/q+1;-1.